The number of rotatable bonds is 9. The number of amides is 2. The monoisotopic (exact) mass is 591 g/mol. The molecule has 1 aromatic rings. The number of carbonyl (C=O) groups is 3. The van der Waals surface area contributed by atoms with Crippen molar-refractivity contribution in [2.75, 3.05) is 40.5 Å². The molecule has 0 spiro atoms. The van der Waals surface area contributed by atoms with E-state index < -0.39 is 23.5 Å². The summed E-state index contributed by atoms with van der Waals surface area (Å²) in [6, 6.07) is 3.47. The van der Waals surface area contributed by atoms with Gasteiger partial charge in [0.05, 0.1) is 29.3 Å². The second-order valence-electron chi connectivity index (χ2n) is 11.8. The predicted molar refractivity (Wildman–Crippen MR) is 153 cm³/mol. The van der Waals surface area contributed by atoms with Gasteiger partial charge in [0.2, 0.25) is 11.8 Å². The molecule has 2 fully saturated rings. The van der Waals surface area contributed by atoms with E-state index >= 15 is 0 Å². The molecule has 2 heterocycles. The molecule has 226 valence electrons. The minimum atomic E-state index is -1.18. The van der Waals surface area contributed by atoms with Crippen molar-refractivity contribution in [1.29, 1.82) is 0 Å². The molecule has 1 saturated heterocycles. The fourth-order valence-electron chi connectivity index (χ4n) is 6.48. The first kappa shape index (κ1) is 30.9. The fraction of sp³-hybridized carbons (Fsp3) is 0.621. The van der Waals surface area contributed by atoms with Gasteiger partial charge in [-0.3, -0.25) is 14.4 Å². The van der Waals surface area contributed by atoms with Crippen LogP contribution < -0.4 is 16.3 Å². The highest BCUT2D eigenvalue weighted by Crippen LogP contribution is 2.48. The van der Waals surface area contributed by atoms with Crippen molar-refractivity contribution in [3.05, 3.63) is 39.7 Å². The molecule has 0 radical (unpaired) electrons. The summed E-state index contributed by atoms with van der Waals surface area (Å²) in [4.78, 5) is 43.4. The lowest BCUT2D eigenvalue weighted by Gasteiger charge is -2.47. The molecule has 11 nitrogen and oxygen atoms in total. The van der Waals surface area contributed by atoms with Gasteiger partial charge in [-0.25, -0.2) is 5.84 Å². The number of nitrogens with two attached hydrogens (primary N) is 2. The highest BCUT2D eigenvalue weighted by Gasteiger charge is 2.51. The summed E-state index contributed by atoms with van der Waals surface area (Å²) in [7, 11) is 3.19. The third kappa shape index (κ3) is 5.98. The van der Waals surface area contributed by atoms with E-state index in [1.54, 1.807) is 43.0 Å². The van der Waals surface area contributed by atoms with E-state index in [9.17, 15) is 19.5 Å². The Hall–Kier alpha value is -3.02. The third-order valence-electron chi connectivity index (χ3n) is 8.80. The number of carboxylic acids is 1. The molecule has 4 atom stereocenters. The van der Waals surface area contributed by atoms with Crippen molar-refractivity contribution >= 4 is 29.4 Å². The van der Waals surface area contributed by atoms with Crippen LogP contribution in [0.15, 0.2) is 23.5 Å². The largest absolute Gasteiger partial charge is 0.487 e. The Kier molecular flexibility index (Phi) is 9.40. The van der Waals surface area contributed by atoms with Crippen LogP contribution in [0.25, 0.3) is 0 Å². The molecule has 3 aliphatic rings. The fourth-order valence-corrected chi connectivity index (χ4v) is 6.74. The van der Waals surface area contributed by atoms with Crippen LogP contribution in [-0.2, 0) is 25.5 Å². The lowest BCUT2D eigenvalue weighted by molar-refractivity contribution is -0.165. The quantitative estimate of drug-likeness (QED) is 0.291. The van der Waals surface area contributed by atoms with Gasteiger partial charge in [0, 0.05) is 44.3 Å². The second-order valence-corrected chi connectivity index (χ2v) is 12.2. The van der Waals surface area contributed by atoms with Crippen molar-refractivity contribution in [1.82, 2.24) is 14.8 Å². The molecule has 0 aromatic heterocycles. The van der Waals surface area contributed by atoms with Gasteiger partial charge in [0.25, 0.3) is 0 Å². The first-order chi connectivity index (χ1) is 19.4. The standard InChI is InChI=1S/C29H42ClN5O6/c1-17-13-24(36)35(14-17)26-25-18(10-12-34(26)27(37)19-7-5-6-11-29(19,2)28(38)39)20(30)8-9-23(25)41-15-21(31)22(16-40-4)33(3)32/h8-9,17,19,26H,5-7,10-16,31-32H2,1-4H3,(H,38,39)/b22-21-/t17?,19?,26?,29-/m0/s1. The van der Waals surface area contributed by atoms with E-state index in [0.717, 1.165) is 18.4 Å². The molecule has 5 N–H and O–H groups in total. The first-order valence-electron chi connectivity index (χ1n) is 14.1. The highest BCUT2D eigenvalue weighted by atomic mass is 35.5. The summed E-state index contributed by atoms with van der Waals surface area (Å²) in [5, 5.41) is 12.0. The number of hydrazine groups is 1. The Morgan fingerprint density at radius 2 is 2.00 bits per heavy atom. The molecule has 1 aliphatic carbocycles. The zero-order valence-corrected chi connectivity index (χ0v) is 25.1. The second kappa shape index (κ2) is 12.5. The number of nitrogens with zero attached hydrogens (tertiary/aromatic N) is 3. The van der Waals surface area contributed by atoms with Crippen LogP contribution in [0.3, 0.4) is 0 Å². The summed E-state index contributed by atoms with van der Waals surface area (Å²) in [5.74, 6) is 4.48. The van der Waals surface area contributed by atoms with Gasteiger partial charge in [0.1, 0.15) is 18.5 Å². The molecule has 41 heavy (non-hydrogen) atoms. The molecule has 4 rings (SSSR count). The molecular weight excluding hydrogens is 550 g/mol. The van der Waals surface area contributed by atoms with Crippen molar-refractivity contribution in [3.63, 3.8) is 0 Å². The Balaban J connectivity index is 1.79. The molecular formula is C29H42ClN5O6. The topological polar surface area (TPSA) is 152 Å². The van der Waals surface area contributed by atoms with E-state index in [2.05, 4.69) is 0 Å². The van der Waals surface area contributed by atoms with E-state index in [0.29, 0.717) is 66.5 Å². The van der Waals surface area contributed by atoms with Crippen LogP contribution in [0.2, 0.25) is 5.02 Å². The number of methoxy groups -OCH3 is 1. The molecule has 1 aromatic carbocycles. The highest BCUT2D eigenvalue weighted by molar-refractivity contribution is 6.31. The van der Waals surface area contributed by atoms with E-state index in [1.807, 2.05) is 6.92 Å². The molecule has 2 aliphatic heterocycles. The van der Waals surface area contributed by atoms with E-state index in [4.69, 9.17) is 32.7 Å². The minimum Gasteiger partial charge on any atom is -0.487 e. The number of hydrogen-bond donors (Lipinski definition) is 3. The summed E-state index contributed by atoms with van der Waals surface area (Å²) >= 11 is 6.70. The van der Waals surface area contributed by atoms with Gasteiger partial charge in [-0.1, -0.05) is 31.4 Å². The predicted octanol–water partition coefficient (Wildman–Crippen LogP) is 2.87. The van der Waals surface area contributed by atoms with Crippen LogP contribution in [0.5, 0.6) is 5.75 Å². The smallest absolute Gasteiger partial charge is 0.310 e. The third-order valence-corrected chi connectivity index (χ3v) is 9.16. The number of ether oxygens (including phenoxy) is 2. The lowest BCUT2D eigenvalue weighted by atomic mass is 9.66. The number of carbonyl (C=O) groups excluding carboxylic acids is 2. The van der Waals surface area contributed by atoms with Crippen LogP contribution in [-0.4, -0.2) is 78.2 Å². The van der Waals surface area contributed by atoms with Gasteiger partial charge in [-0.05, 0) is 49.8 Å². The molecule has 0 bridgehead atoms. The van der Waals surface area contributed by atoms with Gasteiger partial charge in [-0.15, -0.1) is 0 Å². The number of halogens is 1. The van der Waals surface area contributed by atoms with E-state index in [-0.39, 0.29) is 30.9 Å². The van der Waals surface area contributed by atoms with Gasteiger partial charge >= 0.3 is 5.97 Å². The Bertz CT molecular complexity index is 1220. The first-order valence-corrected chi connectivity index (χ1v) is 14.5. The average molecular weight is 592 g/mol. The lowest BCUT2D eigenvalue weighted by Crippen LogP contribution is -2.54. The maximum Gasteiger partial charge on any atom is 0.310 e. The SMILES string of the molecule is COC/C(=C(/N)COc1ccc(Cl)c2c1C(N1CC(C)CC1=O)N(C(=O)C1CCCC[C@]1(C)C(=O)O)CC2)N(C)N. The van der Waals surface area contributed by atoms with Gasteiger partial charge in [0.15, 0.2) is 0 Å². The molecule has 1 saturated carbocycles. The Labute approximate surface area is 246 Å². The number of benzene rings is 1. The van der Waals surface area contributed by atoms with Crippen molar-refractivity contribution in [3.8, 4) is 5.75 Å². The van der Waals surface area contributed by atoms with Crippen molar-refractivity contribution < 1.29 is 29.0 Å². The van der Waals surface area contributed by atoms with Crippen LogP contribution in [0.1, 0.15) is 63.2 Å². The maximum atomic E-state index is 14.3. The number of hydrogen-bond acceptors (Lipinski definition) is 8. The zero-order valence-electron chi connectivity index (χ0n) is 24.3. The van der Waals surface area contributed by atoms with Crippen molar-refractivity contribution in [2.45, 2.75) is 58.5 Å². The summed E-state index contributed by atoms with van der Waals surface area (Å²) in [6.45, 7) is 4.60. The minimum absolute atomic E-state index is 0.0148. The molecule has 12 heteroatoms. The number of likely N-dealkylation sites (tertiary alicyclic amines) is 1. The Morgan fingerprint density at radius 1 is 1.27 bits per heavy atom. The summed E-state index contributed by atoms with van der Waals surface area (Å²) in [6.07, 6.45) is 2.47. The van der Waals surface area contributed by atoms with Gasteiger partial charge < -0.3 is 35.1 Å². The van der Waals surface area contributed by atoms with Crippen LogP contribution in [0.4, 0.5) is 0 Å². The van der Waals surface area contributed by atoms with Crippen LogP contribution in [0, 0.1) is 17.3 Å². The molecule has 3 unspecified atom stereocenters. The summed E-state index contributed by atoms with van der Waals surface area (Å²) < 4.78 is 11.5. The Morgan fingerprint density at radius 3 is 2.61 bits per heavy atom. The average Bonchev–Trinajstić information content (AvgIpc) is 3.27. The number of carboxylic acid groups (broad SMARTS) is 1. The normalized spacial score (nSPS) is 26.9. The van der Waals surface area contributed by atoms with E-state index in [1.165, 1.54) is 5.01 Å². The number of fused-ring (bicyclic) bond motifs is 1. The van der Waals surface area contributed by atoms with Crippen molar-refractivity contribution in [2.24, 2.45) is 28.8 Å². The number of aliphatic carboxylic acids is 1. The maximum absolute atomic E-state index is 14.3. The summed E-state index contributed by atoms with van der Waals surface area (Å²) in [5.41, 5.74) is 7.50. The zero-order chi connectivity index (χ0) is 30.1. The van der Waals surface area contributed by atoms with Gasteiger partial charge in [-0.2, -0.15) is 0 Å². The molecule has 2 amide bonds. The number of likely N-dealkylation sites (N-methyl/N-ethyl adjacent to an activating group) is 1. The van der Waals surface area contributed by atoms with Crippen LogP contribution >= 0.6 is 11.6 Å².